The van der Waals surface area contributed by atoms with Gasteiger partial charge in [-0.2, -0.15) is 0 Å². The minimum atomic E-state index is 0. The van der Waals surface area contributed by atoms with Crippen molar-refractivity contribution in [3.05, 3.63) is 11.6 Å². The molecular formula is C7H14ClN. The number of nitrogens with one attached hydrogen (secondary N) is 1. The number of rotatable bonds is 0. The lowest BCUT2D eigenvalue weighted by Gasteiger charge is -2.13. The second-order valence-corrected chi connectivity index (χ2v) is 2.23. The molecule has 1 heterocycles. The third-order valence-electron chi connectivity index (χ3n) is 1.61. The van der Waals surface area contributed by atoms with E-state index in [-0.39, 0.29) is 12.4 Å². The molecule has 1 nitrogen and oxygen atoms in total. The smallest absolute Gasteiger partial charge is 0.0164 e. The van der Waals surface area contributed by atoms with Crippen molar-refractivity contribution in [2.75, 3.05) is 13.1 Å². The number of piperidine rings is 1. The van der Waals surface area contributed by atoms with Gasteiger partial charge in [0.1, 0.15) is 0 Å². The monoisotopic (exact) mass is 147 g/mol. The Morgan fingerprint density at radius 2 is 2.33 bits per heavy atom. The van der Waals surface area contributed by atoms with E-state index in [1.54, 1.807) is 5.57 Å². The SMILES string of the molecule is CC=C1CCCNC1.Cl. The van der Waals surface area contributed by atoms with Crippen molar-refractivity contribution in [3.63, 3.8) is 0 Å². The van der Waals surface area contributed by atoms with Gasteiger partial charge in [-0.15, -0.1) is 12.4 Å². The van der Waals surface area contributed by atoms with E-state index in [9.17, 15) is 0 Å². The molecular weight excluding hydrogens is 134 g/mol. The molecule has 0 bridgehead atoms. The lowest BCUT2D eigenvalue weighted by molar-refractivity contribution is 0.609. The van der Waals surface area contributed by atoms with Gasteiger partial charge in [0, 0.05) is 6.54 Å². The molecule has 0 spiro atoms. The fourth-order valence-electron chi connectivity index (χ4n) is 1.02. The van der Waals surface area contributed by atoms with Gasteiger partial charge in [0.05, 0.1) is 0 Å². The van der Waals surface area contributed by atoms with Gasteiger partial charge in [0.15, 0.2) is 0 Å². The van der Waals surface area contributed by atoms with E-state index < -0.39 is 0 Å². The Bertz CT molecular complexity index is 91.1. The Morgan fingerprint density at radius 1 is 1.56 bits per heavy atom. The van der Waals surface area contributed by atoms with E-state index in [4.69, 9.17) is 0 Å². The van der Waals surface area contributed by atoms with Crippen LogP contribution in [-0.4, -0.2) is 13.1 Å². The largest absolute Gasteiger partial charge is 0.313 e. The quantitative estimate of drug-likeness (QED) is 0.515. The lowest BCUT2D eigenvalue weighted by Crippen LogP contribution is -2.23. The van der Waals surface area contributed by atoms with Crippen LogP contribution in [0.1, 0.15) is 19.8 Å². The summed E-state index contributed by atoms with van der Waals surface area (Å²) in [5.41, 5.74) is 1.57. The number of halogens is 1. The zero-order valence-corrected chi connectivity index (χ0v) is 6.63. The third kappa shape index (κ3) is 2.87. The van der Waals surface area contributed by atoms with Crippen LogP contribution in [0.2, 0.25) is 0 Å². The zero-order valence-electron chi connectivity index (χ0n) is 5.81. The summed E-state index contributed by atoms with van der Waals surface area (Å²) >= 11 is 0. The molecule has 0 amide bonds. The summed E-state index contributed by atoms with van der Waals surface area (Å²) in [6.07, 6.45) is 4.84. The average Bonchev–Trinajstić information content (AvgIpc) is 1.90. The standard InChI is InChI=1S/C7H13N.ClH/c1-2-7-4-3-5-8-6-7;/h2,8H,3-6H2,1H3;1H. The zero-order chi connectivity index (χ0) is 5.82. The summed E-state index contributed by atoms with van der Waals surface area (Å²) in [5.74, 6) is 0. The highest BCUT2D eigenvalue weighted by Gasteiger charge is 2.00. The minimum absolute atomic E-state index is 0. The first-order valence-corrected chi connectivity index (χ1v) is 3.28. The molecule has 0 saturated carbocycles. The highest BCUT2D eigenvalue weighted by Crippen LogP contribution is 2.06. The topological polar surface area (TPSA) is 12.0 Å². The van der Waals surface area contributed by atoms with Crippen LogP contribution in [0.25, 0.3) is 0 Å². The van der Waals surface area contributed by atoms with Crippen LogP contribution in [0.15, 0.2) is 11.6 Å². The minimum Gasteiger partial charge on any atom is -0.313 e. The van der Waals surface area contributed by atoms with Gasteiger partial charge in [-0.3, -0.25) is 0 Å². The molecule has 1 aliphatic heterocycles. The molecule has 0 radical (unpaired) electrons. The van der Waals surface area contributed by atoms with Gasteiger partial charge in [-0.1, -0.05) is 11.6 Å². The Kier molecular flexibility index (Phi) is 4.83. The van der Waals surface area contributed by atoms with Gasteiger partial charge in [-0.25, -0.2) is 0 Å². The normalized spacial score (nSPS) is 23.4. The van der Waals surface area contributed by atoms with E-state index in [0.29, 0.717) is 0 Å². The van der Waals surface area contributed by atoms with Crippen LogP contribution in [0, 0.1) is 0 Å². The average molecular weight is 148 g/mol. The van der Waals surface area contributed by atoms with Gasteiger partial charge < -0.3 is 5.32 Å². The van der Waals surface area contributed by atoms with Gasteiger partial charge in [-0.05, 0) is 26.3 Å². The fourth-order valence-corrected chi connectivity index (χ4v) is 1.02. The van der Waals surface area contributed by atoms with Crippen LogP contribution in [-0.2, 0) is 0 Å². The van der Waals surface area contributed by atoms with Crippen molar-refractivity contribution >= 4 is 12.4 Å². The second-order valence-electron chi connectivity index (χ2n) is 2.23. The van der Waals surface area contributed by atoms with Crippen molar-refractivity contribution in [2.24, 2.45) is 0 Å². The molecule has 0 unspecified atom stereocenters. The number of hydrogen-bond donors (Lipinski definition) is 1. The van der Waals surface area contributed by atoms with Crippen LogP contribution >= 0.6 is 12.4 Å². The molecule has 0 aromatic rings. The summed E-state index contributed by atoms with van der Waals surface area (Å²) in [5, 5.41) is 3.32. The van der Waals surface area contributed by atoms with Gasteiger partial charge in [0.25, 0.3) is 0 Å². The van der Waals surface area contributed by atoms with Crippen LogP contribution < -0.4 is 5.32 Å². The molecule has 54 valence electrons. The highest BCUT2D eigenvalue weighted by molar-refractivity contribution is 5.85. The predicted molar refractivity (Wildman–Crippen MR) is 43.1 cm³/mol. The maximum Gasteiger partial charge on any atom is 0.0164 e. The van der Waals surface area contributed by atoms with E-state index in [0.717, 1.165) is 6.54 Å². The van der Waals surface area contributed by atoms with E-state index in [2.05, 4.69) is 18.3 Å². The second kappa shape index (κ2) is 4.83. The molecule has 1 N–H and O–H groups in total. The third-order valence-corrected chi connectivity index (χ3v) is 1.61. The number of allylic oxidation sites excluding steroid dienone is 1. The molecule has 2 heteroatoms. The molecule has 1 aliphatic rings. The van der Waals surface area contributed by atoms with Crippen molar-refractivity contribution in [1.29, 1.82) is 0 Å². The van der Waals surface area contributed by atoms with E-state index >= 15 is 0 Å². The molecule has 9 heavy (non-hydrogen) atoms. The van der Waals surface area contributed by atoms with Gasteiger partial charge in [0.2, 0.25) is 0 Å². The molecule has 0 aromatic carbocycles. The van der Waals surface area contributed by atoms with E-state index in [1.165, 1.54) is 19.4 Å². The molecule has 1 fully saturated rings. The van der Waals surface area contributed by atoms with Crippen LogP contribution in [0.3, 0.4) is 0 Å². The highest BCUT2D eigenvalue weighted by atomic mass is 35.5. The Balaban J connectivity index is 0.000000640. The summed E-state index contributed by atoms with van der Waals surface area (Å²) < 4.78 is 0. The molecule has 0 aliphatic carbocycles. The maximum atomic E-state index is 3.32. The summed E-state index contributed by atoms with van der Waals surface area (Å²) in [6.45, 7) is 4.44. The fraction of sp³-hybridized carbons (Fsp3) is 0.714. The van der Waals surface area contributed by atoms with Crippen molar-refractivity contribution in [2.45, 2.75) is 19.8 Å². The number of hydrogen-bond acceptors (Lipinski definition) is 1. The first kappa shape index (κ1) is 8.99. The van der Waals surface area contributed by atoms with Gasteiger partial charge >= 0.3 is 0 Å². The molecule has 0 aromatic heterocycles. The maximum absolute atomic E-state index is 3.32. The first-order chi connectivity index (χ1) is 3.93. The Labute approximate surface area is 62.9 Å². The van der Waals surface area contributed by atoms with Crippen molar-refractivity contribution in [1.82, 2.24) is 5.32 Å². The van der Waals surface area contributed by atoms with Crippen molar-refractivity contribution < 1.29 is 0 Å². The van der Waals surface area contributed by atoms with E-state index in [1.807, 2.05) is 0 Å². The summed E-state index contributed by atoms with van der Waals surface area (Å²) in [4.78, 5) is 0. The first-order valence-electron chi connectivity index (χ1n) is 3.28. The van der Waals surface area contributed by atoms with Crippen molar-refractivity contribution in [3.8, 4) is 0 Å². The molecule has 1 saturated heterocycles. The van der Waals surface area contributed by atoms with Crippen LogP contribution in [0.4, 0.5) is 0 Å². The summed E-state index contributed by atoms with van der Waals surface area (Å²) in [7, 11) is 0. The Morgan fingerprint density at radius 3 is 2.67 bits per heavy atom. The molecule has 1 rings (SSSR count). The van der Waals surface area contributed by atoms with Crippen LogP contribution in [0.5, 0.6) is 0 Å². The lowest BCUT2D eigenvalue weighted by atomic mass is 10.1. The molecule has 0 atom stereocenters. The summed E-state index contributed by atoms with van der Waals surface area (Å²) in [6, 6.07) is 0. The Hall–Kier alpha value is -0.0100. The predicted octanol–water partition coefficient (Wildman–Crippen LogP) is 1.74.